The third-order valence-corrected chi connectivity index (χ3v) is 6.08. The lowest BCUT2D eigenvalue weighted by Gasteiger charge is -2.23. The molecular weight excluding hydrogens is 248 g/mol. The maximum Gasteiger partial charge on any atom is 0.214 e. The smallest absolute Gasteiger partial charge is 0.214 e. The molecule has 2 N–H and O–H groups in total. The van der Waals surface area contributed by atoms with Crippen LogP contribution in [0.3, 0.4) is 0 Å². The lowest BCUT2D eigenvalue weighted by Crippen LogP contribution is -2.43. The van der Waals surface area contributed by atoms with E-state index in [0.717, 1.165) is 13.1 Å². The van der Waals surface area contributed by atoms with E-state index in [0.29, 0.717) is 12.8 Å². The highest BCUT2D eigenvalue weighted by Gasteiger charge is 2.27. The minimum Gasteiger partial charge on any atom is -0.317 e. The molecule has 0 aromatic rings. The highest BCUT2D eigenvalue weighted by atomic mass is 32.2. The minimum absolute atomic E-state index is 0.142. The standard InChI is InChI=1S/C9H20N2O3S2/c1-8(15(2)12)7-11-16(13,14)9-3-5-10-6-4-9/h8-11H,3-7H2,1-2H3. The van der Waals surface area contributed by atoms with Gasteiger partial charge in [-0.05, 0) is 32.9 Å². The van der Waals surface area contributed by atoms with E-state index in [9.17, 15) is 12.6 Å². The summed E-state index contributed by atoms with van der Waals surface area (Å²) in [5, 5.41) is 2.69. The van der Waals surface area contributed by atoms with E-state index in [2.05, 4.69) is 10.0 Å². The molecule has 1 fully saturated rings. The molecule has 1 aliphatic heterocycles. The average Bonchev–Trinajstić information content (AvgIpc) is 2.27. The number of hydrogen-bond acceptors (Lipinski definition) is 4. The van der Waals surface area contributed by atoms with Crippen molar-refractivity contribution < 1.29 is 12.6 Å². The van der Waals surface area contributed by atoms with Crippen LogP contribution in [0.2, 0.25) is 0 Å². The van der Waals surface area contributed by atoms with E-state index < -0.39 is 20.8 Å². The van der Waals surface area contributed by atoms with Crippen LogP contribution in [0.1, 0.15) is 19.8 Å². The van der Waals surface area contributed by atoms with E-state index in [4.69, 9.17) is 0 Å². The molecule has 96 valence electrons. The summed E-state index contributed by atoms with van der Waals surface area (Å²) in [5.74, 6) is 0. The first-order chi connectivity index (χ1) is 7.43. The molecule has 2 atom stereocenters. The van der Waals surface area contributed by atoms with Crippen molar-refractivity contribution in [3.05, 3.63) is 0 Å². The van der Waals surface area contributed by atoms with Gasteiger partial charge in [-0.1, -0.05) is 0 Å². The monoisotopic (exact) mass is 268 g/mol. The Bertz CT molecular complexity index is 337. The van der Waals surface area contributed by atoms with Crippen molar-refractivity contribution in [2.45, 2.75) is 30.3 Å². The molecule has 0 amide bonds. The zero-order valence-electron chi connectivity index (χ0n) is 9.73. The first-order valence-corrected chi connectivity index (χ1v) is 8.61. The third kappa shape index (κ3) is 4.12. The molecule has 1 saturated heterocycles. The molecule has 1 heterocycles. The summed E-state index contributed by atoms with van der Waals surface area (Å²) in [7, 11) is -4.23. The van der Waals surface area contributed by atoms with Gasteiger partial charge >= 0.3 is 0 Å². The van der Waals surface area contributed by atoms with Crippen molar-refractivity contribution in [2.24, 2.45) is 0 Å². The topological polar surface area (TPSA) is 75.3 Å². The van der Waals surface area contributed by atoms with E-state index in [1.807, 2.05) is 0 Å². The molecule has 1 aliphatic rings. The van der Waals surface area contributed by atoms with Crippen LogP contribution in [-0.4, -0.2) is 49.0 Å². The van der Waals surface area contributed by atoms with Crippen LogP contribution in [0, 0.1) is 0 Å². The fourth-order valence-corrected chi connectivity index (χ4v) is 3.57. The largest absolute Gasteiger partial charge is 0.317 e. The minimum atomic E-state index is -3.24. The van der Waals surface area contributed by atoms with Crippen LogP contribution in [0.25, 0.3) is 0 Å². The molecular formula is C9H20N2O3S2. The Kier molecular flexibility index (Phi) is 5.36. The van der Waals surface area contributed by atoms with Crippen molar-refractivity contribution in [1.82, 2.24) is 10.0 Å². The Hall–Kier alpha value is 0.0200. The van der Waals surface area contributed by atoms with Gasteiger partial charge in [0.25, 0.3) is 0 Å². The van der Waals surface area contributed by atoms with Crippen molar-refractivity contribution in [1.29, 1.82) is 0 Å². The van der Waals surface area contributed by atoms with Crippen LogP contribution in [0.5, 0.6) is 0 Å². The SMILES string of the molecule is CC(CNS(=O)(=O)C1CCNCC1)S(C)=O. The molecule has 0 saturated carbocycles. The summed E-state index contributed by atoms with van der Waals surface area (Å²) in [4.78, 5) is 0. The zero-order chi connectivity index (χ0) is 12.2. The van der Waals surface area contributed by atoms with Gasteiger partial charge < -0.3 is 5.32 Å². The first-order valence-electron chi connectivity index (χ1n) is 5.45. The van der Waals surface area contributed by atoms with Gasteiger partial charge in [0.2, 0.25) is 10.0 Å². The molecule has 0 radical (unpaired) electrons. The Morgan fingerprint density at radius 1 is 1.44 bits per heavy atom. The Morgan fingerprint density at radius 3 is 2.50 bits per heavy atom. The summed E-state index contributed by atoms with van der Waals surface area (Å²) in [6.45, 7) is 3.54. The third-order valence-electron chi connectivity index (χ3n) is 2.86. The van der Waals surface area contributed by atoms with Gasteiger partial charge in [0.1, 0.15) is 0 Å². The number of nitrogens with one attached hydrogen (secondary N) is 2. The van der Waals surface area contributed by atoms with Crippen LogP contribution in [-0.2, 0) is 20.8 Å². The predicted octanol–water partition coefficient (Wildman–Crippen LogP) is -0.575. The number of hydrogen-bond donors (Lipinski definition) is 2. The molecule has 0 aromatic heterocycles. The zero-order valence-corrected chi connectivity index (χ0v) is 11.4. The van der Waals surface area contributed by atoms with Gasteiger partial charge in [0.05, 0.1) is 5.25 Å². The quantitative estimate of drug-likeness (QED) is 0.700. The molecule has 0 bridgehead atoms. The Morgan fingerprint density at radius 2 is 2.00 bits per heavy atom. The average molecular weight is 268 g/mol. The van der Waals surface area contributed by atoms with Crippen molar-refractivity contribution in [3.8, 4) is 0 Å². The van der Waals surface area contributed by atoms with Gasteiger partial charge in [-0.2, -0.15) is 0 Å². The highest BCUT2D eigenvalue weighted by molar-refractivity contribution is 7.90. The van der Waals surface area contributed by atoms with Gasteiger partial charge in [-0.3, -0.25) is 4.21 Å². The van der Waals surface area contributed by atoms with Crippen molar-refractivity contribution in [2.75, 3.05) is 25.9 Å². The highest BCUT2D eigenvalue weighted by Crippen LogP contribution is 2.11. The number of piperidine rings is 1. The van der Waals surface area contributed by atoms with Crippen LogP contribution in [0.15, 0.2) is 0 Å². The molecule has 0 spiro atoms. The lowest BCUT2D eigenvalue weighted by molar-refractivity contribution is 0.489. The Labute approximate surface area is 99.9 Å². The van der Waals surface area contributed by atoms with E-state index in [-0.39, 0.29) is 17.0 Å². The van der Waals surface area contributed by atoms with Crippen molar-refractivity contribution in [3.63, 3.8) is 0 Å². The number of rotatable bonds is 5. The Balaban J connectivity index is 2.47. The fraction of sp³-hybridized carbons (Fsp3) is 1.00. The number of sulfonamides is 1. The lowest BCUT2D eigenvalue weighted by atomic mass is 10.2. The van der Waals surface area contributed by atoms with Crippen LogP contribution < -0.4 is 10.0 Å². The molecule has 0 aromatic carbocycles. The van der Waals surface area contributed by atoms with Gasteiger partial charge in [0, 0.05) is 28.9 Å². The van der Waals surface area contributed by atoms with Gasteiger partial charge in [-0.15, -0.1) is 0 Å². The normalized spacial score (nSPS) is 22.9. The summed E-state index contributed by atoms with van der Waals surface area (Å²) >= 11 is 0. The summed E-state index contributed by atoms with van der Waals surface area (Å²) in [5.41, 5.74) is 0. The summed E-state index contributed by atoms with van der Waals surface area (Å²) < 4.78 is 37.4. The van der Waals surface area contributed by atoms with E-state index in [1.165, 1.54) is 0 Å². The predicted molar refractivity (Wildman–Crippen MR) is 66.3 cm³/mol. The summed E-state index contributed by atoms with van der Waals surface area (Å²) in [6, 6.07) is 0. The molecule has 16 heavy (non-hydrogen) atoms. The molecule has 2 unspecified atom stereocenters. The second kappa shape index (κ2) is 6.09. The van der Waals surface area contributed by atoms with Crippen molar-refractivity contribution >= 4 is 20.8 Å². The summed E-state index contributed by atoms with van der Waals surface area (Å²) in [6.07, 6.45) is 2.89. The second-order valence-corrected chi connectivity index (χ2v) is 8.00. The molecule has 5 nitrogen and oxygen atoms in total. The van der Waals surface area contributed by atoms with Gasteiger partial charge in [0.15, 0.2) is 0 Å². The maximum atomic E-state index is 11.9. The molecule has 7 heteroatoms. The van der Waals surface area contributed by atoms with E-state index >= 15 is 0 Å². The maximum absolute atomic E-state index is 11.9. The van der Waals surface area contributed by atoms with E-state index in [1.54, 1.807) is 13.2 Å². The molecule has 1 rings (SSSR count). The van der Waals surface area contributed by atoms with Gasteiger partial charge in [-0.25, -0.2) is 13.1 Å². The first kappa shape index (κ1) is 14.1. The fourth-order valence-electron chi connectivity index (χ4n) is 1.57. The second-order valence-electron chi connectivity index (χ2n) is 4.15. The van der Waals surface area contributed by atoms with Crippen LogP contribution in [0.4, 0.5) is 0 Å². The molecule has 0 aliphatic carbocycles. The van der Waals surface area contributed by atoms with Crippen LogP contribution >= 0.6 is 0 Å².